The molecule has 3 aromatic rings. The van der Waals surface area contributed by atoms with E-state index in [1.807, 2.05) is 24.4 Å². The van der Waals surface area contributed by atoms with Crippen molar-refractivity contribution in [3.63, 3.8) is 0 Å². The highest BCUT2D eigenvalue weighted by molar-refractivity contribution is 7.16. The van der Waals surface area contributed by atoms with E-state index in [-0.39, 0.29) is 0 Å². The van der Waals surface area contributed by atoms with Crippen LogP contribution in [0.5, 0.6) is 0 Å². The normalized spacial score (nSPS) is 10.9. The highest BCUT2D eigenvalue weighted by atomic mass is 32.1. The lowest BCUT2D eigenvalue weighted by Gasteiger charge is -2.05. The highest BCUT2D eigenvalue weighted by Gasteiger charge is 2.07. The van der Waals surface area contributed by atoms with Crippen molar-refractivity contribution in [2.75, 3.05) is 5.73 Å². The number of fused-ring (bicyclic) bond motifs is 1. The molecule has 5 heteroatoms. The van der Waals surface area contributed by atoms with Gasteiger partial charge in [0.1, 0.15) is 5.52 Å². The number of hydrogen-bond acceptors (Lipinski definition) is 4. The van der Waals surface area contributed by atoms with Crippen molar-refractivity contribution in [1.82, 2.24) is 14.8 Å². The molecule has 0 spiro atoms. The molecule has 0 bridgehead atoms. The minimum absolute atomic E-state index is 0.678. The number of anilines is 1. The number of benzene rings is 1. The van der Waals surface area contributed by atoms with E-state index < -0.39 is 0 Å². The molecular formula is C10H8N4S. The van der Waals surface area contributed by atoms with Gasteiger partial charge in [0.2, 0.25) is 0 Å². The van der Waals surface area contributed by atoms with E-state index >= 15 is 0 Å². The van der Waals surface area contributed by atoms with Crippen molar-refractivity contribution in [3.8, 4) is 5.69 Å². The molecule has 0 amide bonds. The molecule has 0 saturated carbocycles. The van der Waals surface area contributed by atoms with Crippen LogP contribution in [-0.4, -0.2) is 14.8 Å². The van der Waals surface area contributed by atoms with Crippen molar-refractivity contribution in [1.29, 1.82) is 0 Å². The van der Waals surface area contributed by atoms with Crippen LogP contribution in [0.2, 0.25) is 0 Å². The van der Waals surface area contributed by atoms with E-state index in [4.69, 9.17) is 5.73 Å². The molecule has 0 fully saturated rings. The Morgan fingerprint density at radius 1 is 1.33 bits per heavy atom. The van der Waals surface area contributed by atoms with Gasteiger partial charge in [-0.2, -0.15) is 5.10 Å². The fourth-order valence-electron chi connectivity index (χ4n) is 1.55. The third-order valence-corrected chi connectivity index (χ3v) is 3.06. The molecule has 0 aliphatic carbocycles. The first-order chi connectivity index (χ1) is 7.36. The van der Waals surface area contributed by atoms with Crippen LogP contribution < -0.4 is 5.73 Å². The number of aromatic nitrogens is 3. The summed E-state index contributed by atoms with van der Waals surface area (Å²) >= 11 is 1.59. The average molecular weight is 216 g/mol. The summed E-state index contributed by atoms with van der Waals surface area (Å²) in [5, 5.41) is 4.15. The van der Waals surface area contributed by atoms with Gasteiger partial charge in [-0.1, -0.05) is 0 Å². The topological polar surface area (TPSA) is 56.7 Å². The second-order valence-electron chi connectivity index (χ2n) is 3.15. The van der Waals surface area contributed by atoms with Crippen LogP contribution in [0.25, 0.3) is 15.9 Å². The number of thiazole rings is 1. The molecule has 0 unspecified atom stereocenters. The van der Waals surface area contributed by atoms with E-state index in [9.17, 15) is 0 Å². The maximum Gasteiger partial charge on any atom is 0.106 e. The van der Waals surface area contributed by atoms with E-state index in [2.05, 4.69) is 10.1 Å². The molecule has 0 aliphatic heterocycles. The second kappa shape index (κ2) is 3.06. The van der Waals surface area contributed by atoms with Crippen LogP contribution in [0.15, 0.2) is 36.1 Å². The van der Waals surface area contributed by atoms with Gasteiger partial charge >= 0.3 is 0 Å². The zero-order valence-corrected chi connectivity index (χ0v) is 8.61. The molecule has 2 heterocycles. The molecule has 3 rings (SSSR count). The summed E-state index contributed by atoms with van der Waals surface area (Å²) in [6, 6.07) is 5.84. The lowest BCUT2D eigenvalue weighted by atomic mass is 10.2. The van der Waals surface area contributed by atoms with Crippen molar-refractivity contribution in [2.24, 2.45) is 0 Å². The molecule has 1 aromatic carbocycles. The summed E-state index contributed by atoms with van der Waals surface area (Å²) < 4.78 is 2.84. The van der Waals surface area contributed by atoms with Crippen LogP contribution in [0.4, 0.5) is 5.69 Å². The third kappa shape index (κ3) is 1.20. The Balaban J connectivity index is 2.32. The fraction of sp³-hybridized carbons (Fsp3) is 0. The van der Waals surface area contributed by atoms with E-state index in [1.165, 1.54) is 0 Å². The molecule has 0 saturated heterocycles. The predicted octanol–water partition coefficient (Wildman–Crippen LogP) is 2.06. The maximum absolute atomic E-state index is 6.04. The monoisotopic (exact) mass is 216 g/mol. The molecule has 2 N–H and O–H groups in total. The van der Waals surface area contributed by atoms with E-state index in [0.717, 1.165) is 15.9 Å². The second-order valence-corrected chi connectivity index (χ2v) is 4.03. The minimum atomic E-state index is 0.678. The Bertz CT molecular complexity index is 597. The van der Waals surface area contributed by atoms with Crippen LogP contribution in [0.3, 0.4) is 0 Å². The zero-order chi connectivity index (χ0) is 10.3. The molecule has 74 valence electrons. The first kappa shape index (κ1) is 8.43. The number of nitrogen functional groups attached to an aromatic ring is 1. The molecular weight excluding hydrogens is 208 g/mol. The van der Waals surface area contributed by atoms with Gasteiger partial charge in [-0.25, -0.2) is 9.67 Å². The quantitative estimate of drug-likeness (QED) is 0.633. The summed E-state index contributed by atoms with van der Waals surface area (Å²) in [5.74, 6) is 0. The zero-order valence-electron chi connectivity index (χ0n) is 7.79. The summed E-state index contributed by atoms with van der Waals surface area (Å²) in [4.78, 5) is 4.24. The lowest BCUT2D eigenvalue weighted by molar-refractivity contribution is 0.884. The molecule has 15 heavy (non-hydrogen) atoms. The van der Waals surface area contributed by atoms with Crippen molar-refractivity contribution in [2.45, 2.75) is 0 Å². The van der Waals surface area contributed by atoms with Crippen LogP contribution in [-0.2, 0) is 0 Å². The van der Waals surface area contributed by atoms with Gasteiger partial charge in [0.05, 0.1) is 21.6 Å². The third-order valence-electron chi connectivity index (χ3n) is 2.27. The van der Waals surface area contributed by atoms with E-state index in [1.54, 1.807) is 27.7 Å². The van der Waals surface area contributed by atoms with Crippen LogP contribution >= 0.6 is 11.3 Å². The molecule has 2 aromatic heterocycles. The number of rotatable bonds is 1. The minimum Gasteiger partial charge on any atom is -0.395 e. The van der Waals surface area contributed by atoms with Gasteiger partial charge < -0.3 is 5.73 Å². The Morgan fingerprint density at radius 3 is 3.07 bits per heavy atom. The molecule has 0 aliphatic rings. The fourth-order valence-corrected chi connectivity index (χ4v) is 2.25. The average Bonchev–Trinajstić information content (AvgIpc) is 2.87. The SMILES string of the molecule is Nc1c(-n2cccn2)ccc2scnc12. The van der Waals surface area contributed by atoms with Crippen LogP contribution in [0.1, 0.15) is 0 Å². The highest BCUT2D eigenvalue weighted by Crippen LogP contribution is 2.28. The lowest BCUT2D eigenvalue weighted by Crippen LogP contribution is -2.00. The van der Waals surface area contributed by atoms with Crippen molar-refractivity contribution in [3.05, 3.63) is 36.1 Å². The number of nitrogens with two attached hydrogens (primary N) is 1. The van der Waals surface area contributed by atoms with Gasteiger partial charge in [0.15, 0.2) is 0 Å². The van der Waals surface area contributed by atoms with Crippen molar-refractivity contribution < 1.29 is 0 Å². The Labute approximate surface area is 90.0 Å². The Morgan fingerprint density at radius 2 is 2.27 bits per heavy atom. The molecule has 0 atom stereocenters. The Hall–Kier alpha value is -1.88. The first-order valence-electron chi connectivity index (χ1n) is 4.48. The molecule has 0 radical (unpaired) electrons. The summed E-state index contributed by atoms with van der Waals surface area (Å²) in [6.07, 6.45) is 3.59. The summed E-state index contributed by atoms with van der Waals surface area (Å²) in [7, 11) is 0. The summed E-state index contributed by atoms with van der Waals surface area (Å²) in [6.45, 7) is 0. The van der Waals surface area contributed by atoms with E-state index in [0.29, 0.717) is 5.69 Å². The van der Waals surface area contributed by atoms with Gasteiger partial charge in [-0.05, 0) is 18.2 Å². The maximum atomic E-state index is 6.04. The van der Waals surface area contributed by atoms with Crippen molar-refractivity contribution >= 4 is 27.2 Å². The smallest absolute Gasteiger partial charge is 0.106 e. The van der Waals surface area contributed by atoms with Gasteiger partial charge in [-0.15, -0.1) is 11.3 Å². The van der Waals surface area contributed by atoms with Crippen LogP contribution in [0, 0.1) is 0 Å². The van der Waals surface area contributed by atoms with Gasteiger partial charge in [0, 0.05) is 12.4 Å². The number of nitrogens with zero attached hydrogens (tertiary/aromatic N) is 3. The van der Waals surface area contributed by atoms with Gasteiger partial charge in [-0.3, -0.25) is 0 Å². The molecule has 4 nitrogen and oxygen atoms in total. The first-order valence-corrected chi connectivity index (χ1v) is 5.36. The predicted molar refractivity (Wildman–Crippen MR) is 61.2 cm³/mol. The largest absolute Gasteiger partial charge is 0.395 e. The number of hydrogen-bond donors (Lipinski definition) is 1. The Kier molecular flexibility index (Phi) is 1.72. The van der Waals surface area contributed by atoms with Gasteiger partial charge in [0.25, 0.3) is 0 Å². The summed E-state index contributed by atoms with van der Waals surface area (Å²) in [5.41, 5.74) is 10.2. The standard InChI is InChI=1S/C10H8N4S/c11-9-7(14-5-1-4-13-14)2-3-8-10(9)12-6-15-8/h1-6H,11H2.